The molecule has 0 atom stereocenters. The normalized spacial score (nSPS) is 14.8. The minimum Gasteiger partial charge on any atom is -0.366 e. The van der Waals surface area contributed by atoms with Crippen LogP contribution in [0.1, 0.15) is 56.4 Å². The lowest BCUT2D eigenvalue weighted by Gasteiger charge is -2.32. The Morgan fingerprint density at radius 1 is 1.13 bits per heavy atom. The van der Waals surface area contributed by atoms with Crippen LogP contribution in [0.4, 0.5) is 0 Å². The quantitative estimate of drug-likeness (QED) is 0.699. The van der Waals surface area contributed by atoms with Gasteiger partial charge in [-0.1, -0.05) is 18.2 Å². The van der Waals surface area contributed by atoms with Gasteiger partial charge in [0.25, 0.3) is 17.4 Å². The lowest BCUT2D eigenvalue weighted by molar-refractivity contribution is 0.0708. The predicted molar refractivity (Wildman–Crippen MR) is 115 cm³/mol. The number of nitrogens with zero attached hydrogens (tertiary/aromatic N) is 2. The van der Waals surface area contributed by atoms with Gasteiger partial charge < -0.3 is 15.6 Å². The van der Waals surface area contributed by atoms with Crippen LogP contribution in [0.3, 0.4) is 0 Å². The number of pyridine rings is 2. The molecule has 7 nitrogen and oxygen atoms in total. The van der Waals surface area contributed by atoms with Crippen molar-refractivity contribution in [3.63, 3.8) is 0 Å². The Kier molecular flexibility index (Phi) is 5.11. The molecule has 1 saturated heterocycles. The first-order chi connectivity index (χ1) is 14.3. The maximum atomic E-state index is 13.0. The minimum atomic E-state index is -0.497. The lowest BCUT2D eigenvalue weighted by atomic mass is 9.89. The second-order valence-corrected chi connectivity index (χ2v) is 7.88. The Balaban J connectivity index is 1.58. The van der Waals surface area contributed by atoms with Gasteiger partial charge in [-0.05, 0) is 50.5 Å². The number of aryl methyl sites for hydroxylation is 2. The van der Waals surface area contributed by atoms with E-state index in [-0.39, 0.29) is 22.9 Å². The Morgan fingerprint density at radius 2 is 1.83 bits per heavy atom. The summed E-state index contributed by atoms with van der Waals surface area (Å²) in [4.78, 5) is 46.5. The molecule has 1 fully saturated rings. The van der Waals surface area contributed by atoms with Gasteiger partial charge in [0, 0.05) is 30.1 Å². The van der Waals surface area contributed by atoms with Gasteiger partial charge in [0.1, 0.15) is 5.56 Å². The summed E-state index contributed by atoms with van der Waals surface area (Å²) in [5.74, 6) is -0.726. The van der Waals surface area contributed by atoms with E-state index >= 15 is 0 Å². The van der Waals surface area contributed by atoms with Crippen LogP contribution in [-0.4, -0.2) is 39.8 Å². The summed E-state index contributed by atoms with van der Waals surface area (Å²) in [6, 6.07) is 11.2. The maximum Gasteiger partial charge on any atom is 0.261 e. The molecule has 0 bridgehead atoms. The van der Waals surface area contributed by atoms with Crippen molar-refractivity contribution in [3.8, 4) is 0 Å². The summed E-state index contributed by atoms with van der Waals surface area (Å²) < 4.78 is 0. The van der Waals surface area contributed by atoms with Gasteiger partial charge in [-0.15, -0.1) is 0 Å². The molecule has 3 N–H and O–H groups in total. The average molecular weight is 404 g/mol. The van der Waals surface area contributed by atoms with Gasteiger partial charge in [0.05, 0.1) is 16.8 Å². The molecule has 0 saturated carbocycles. The van der Waals surface area contributed by atoms with Crippen molar-refractivity contribution in [2.24, 2.45) is 5.73 Å². The van der Waals surface area contributed by atoms with Crippen molar-refractivity contribution >= 4 is 22.7 Å². The highest BCUT2D eigenvalue weighted by atomic mass is 16.2. The van der Waals surface area contributed by atoms with Gasteiger partial charge in [-0.25, -0.2) is 0 Å². The number of hydrogen-bond acceptors (Lipinski definition) is 4. The highest BCUT2D eigenvalue weighted by Gasteiger charge is 2.29. The number of hydrogen-bond donors (Lipinski definition) is 2. The summed E-state index contributed by atoms with van der Waals surface area (Å²) >= 11 is 0. The molecule has 4 rings (SSSR count). The second kappa shape index (κ2) is 7.74. The molecule has 2 amide bonds. The number of aromatic nitrogens is 2. The minimum absolute atomic E-state index is 0.0264. The molecule has 3 heterocycles. The zero-order valence-electron chi connectivity index (χ0n) is 17.1. The Hall–Kier alpha value is -3.48. The van der Waals surface area contributed by atoms with Gasteiger partial charge in [-0.2, -0.15) is 0 Å². The van der Waals surface area contributed by atoms with E-state index in [0.29, 0.717) is 42.8 Å². The van der Waals surface area contributed by atoms with E-state index in [0.717, 1.165) is 16.6 Å². The number of carbonyl (C=O) groups excluding carboxylic acids is 2. The number of likely N-dealkylation sites (tertiary alicyclic amines) is 1. The Bertz CT molecular complexity index is 1210. The fraction of sp³-hybridized carbons (Fsp3) is 0.304. The molecule has 2 aromatic heterocycles. The van der Waals surface area contributed by atoms with Crippen LogP contribution < -0.4 is 11.3 Å². The van der Waals surface area contributed by atoms with E-state index < -0.39 is 5.91 Å². The topological polar surface area (TPSA) is 109 Å². The number of para-hydroxylation sites is 1. The first-order valence-corrected chi connectivity index (χ1v) is 10.0. The van der Waals surface area contributed by atoms with Gasteiger partial charge in [0.2, 0.25) is 0 Å². The fourth-order valence-electron chi connectivity index (χ4n) is 4.27. The highest BCUT2D eigenvalue weighted by molar-refractivity contribution is 5.98. The van der Waals surface area contributed by atoms with E-state index in [2.05, 4.69) is 4.98 Å². The zero-order valence-corrected chi connectivity index (χ0v) is 17.1. The molecule has 1 aromatic carbocycles. The maximum absolute atomic E-state index is 13.0. The largest absolute Gasteiger partial charge is 0.366 e. The molecule has 7 heteroatoms. The molecule has 0 spiro atoms. The van der Waals surface area contributed by atoms with E-state index in [1.807, 2.05) is 24.3 Å². The number of fused-ring (bicyclic) bond motifs is 1. The number of primary amides is 1. The van der Waals surface area contributed by atoms with Crippen LogP contribution in [0.2, 0.25) is 0 Å². The predicted octanol–water partition coefficient (Wildman–Crippen LogP) is 2.66. The van der Waals surface area contributed by atoms with E-state index in [1.54, 1.807) is 30.9 Å². The van der Waals surface area contributed by atoms with Crippen LogP contribution >= 0.6 is 0 Å². The lowest BCUT2D eigenvalue weighted by Crippen LogP contribution is -2.41. The van der Waals surface area contributed by atoms with Crippen molar-refractivity contribution in [1.82, 2.24) is 14.9 Å². The first-order valence-electron chi connectivity index (χ1n) is 10.0. The number of amides is 2. The van der Waals surface area contributed by atoms with Crippen LogP contribution in [-0.2, 0) is 0 Å². The summed E-state index contributed by atoms with van der Waals surface area (Å²) in [6.45, 7) is 4.55. The molecule has 0 radical (unpaired) electrons. The van der Waals surface area contributed by atoms with Crippen LogP contribution in [0.15, 0.2) is 41.2 Å². The molecule has 0 unspecified atom stereocenters. The van der Waals surface area contributed by atoms with Gasteiger partial charge in [0.15, 0.2) is 0 Å². The second-order valence-electron chi connectivity index (χ2n) is 7.88. The number of benzene rings is 1. The van der Waals surface area contributed by atoms with Gasteiger partial charge in [-0.3, -0.25) is 19.4 Å². The number of aromatic amines is 1. The Labute approximate surface area is 173 Å². The highest BCUT2D eigenvalue weighted by Crippen LogP contribution is 2.31. The third kappa shape index (κ3) is 3.58. The number of H-pyrrole nitrogens is 1. The van der Waals surface area contributed by atoms with Crippen LogP contribution in [0.5, 0.6) is 0 Å². The standard InChI is InChI=1S/C23H24N4O3/c1-13-11-14(2)25-22(29)19(13)23(30)27-9-7-15(8-10-27)20-17(21(24)28)12-16-5-3-4-6-18(16)26-20/h3-6,11-12,15H,7-10H2,1-2H3,(H2,24,28)(H,25,29). The monoisotopic (exact) mass is 404 g/mol. The van der Waals surface area contributed by atoms with Crippen molar-refractivity contribution in [3.05, 3.63) is 74.8 Å². The van der Waals surface area contributed by atoms with Crippen molar-refractivity contribution in [2.45, 2.75) is 32.6 Å². The summed E-state index contributed by atoms with van der Waals surface area (Å²) in [7, 11) is 0. The van der Waals surface area contributed by atoms with Crippen molar-refractivity contribution < 1.29 is 9.59 Å². The SMILES string of the molecule is Cc1cc(C)c(C(=O)N2CCC(c3nc4ccccc4cc3C(N)=O)CC2)c(=O)[nH]1. The third-order valence-electron chi connectivity index (χ3n) is 5.77. The van der Waals surface area contributed by atoms with E-state index in [1.165, 1.54) is 0 Å². The third-order valence-corrected chi connectivity index (χ3v) is 5.77. The number of nitrogens with two attached hydrogens (primary N) is 1. The van der Waals surface area contributed by atoms with Crippen molar-refractivity contribution in [2.75, 3.05) is 13.1 Å². The van der Waals surface area contributed by atoms with E-state index in [4.69, 9.17) is 10.7 Å². The average Bonchev–Trinajstić information content (AvgIpc) is 2.72. The smallest absolute Gasteiger partial charge is 0.261 e. The molecule has 0 aliphatic carbocycles. The molecule has 1 aliphatic heterocycles. The number of carbonyl (C=O) groups is 2. The first kappa shape index (κ1) is 19.8. The molecule has 3 aromatic rings. The van der Waals surface area contributed by atoms with Crippen LogP contribution in [0, 0.1) is 13.8 Å². The summed E-state index contributed by atoms with van der Waals surface area (Å²) in [5.41, 5.74) is 8.82. The summed E-state index contributed by atoms with van der Waals surface area (Å²) in [5, 5.41) is 0.872. The number of nitrogens with one attached hydrogen (secondary N) is 1. The summed E-state index contributed by atoms with van der Waals surface area (Å²) in [6.07, 6.45) is 1.31. The number of piperidine rings is 1. The molecule has 30 heavy (non-hydrogen) atoms. The zero-order chi connectivity index (χ0) is 21.4. The molecular formula is C23H24N4O3. The van der Waals surface area contributed by atoms with Gasteiger partial charge >= 0.3 is 0 Å². The molecule has 1 aliphatic rings. The van der Waals surface area contributed by atoms with Crippen LogP contribution in [0.25, 0.3) is 10.9 Å². The molecule has 154 valence electrons. The van der Waals surface area contributed by atoms with E-state index in [9.17, 15) is 14.4 Å². The number of rotatable bonds is 3. The fourth-order valence-corrected chi connectivity index (χ4v) is 4.27. The van der Waals surface area contributed by atoms with Crippen molar-refractivity contribution in [1.29, 1.82) is 0 Å². The Morgan fingerprint density at radius 3 is 2.50 bits per heavy atom. The molecular weight excluding hydrogens is 380 g/mol.